The molecule has 1 aliphatic heterocycles. The molecule has 78 valence electrons. The summed E-state index contributed by atoms with van der Waals surface area (Å²) in [4.78, 5) is 24.6. The lowest BCUT2D eigenvalue weighted by Crippen LogP contribution is -2.32. The Bertz CT molecular complexity index is 444. The SMILES string of the molecule is O=C1c2cccc(Br)c2C(=O)N1CCO. The van der Waals surface area contributed by atoms with E-state index >= 15 is 0 Å². The quantitative estimate of drug-likeness (QED) is 0.817. The minimum Gasteiger partial charge on any atom is -0.395 e. The van der Waals surface area contributed by atoms with Crippen LogP contribution in [0.1, 0.15) is 20.7 Å². The second kappa shape index (κ2) is 3.75. The van der Waals surface area contributed by atoms with Gasteiger partial charge in [0.05, 0.1) is 24.3 Å². The van der Waals surface area contributed by atoms with Crippen molar-refractivity contribution in [3.63, 3.8) is 0 Å². The molecule has 5 heteroatoms. The highest BCUT2D eigenvalue weighted by molar-refractivity contribution is 9.10. The summed E-state index contributed by atoms with van der Waals surface area (Å²) in [5.41, 5.74) is 0.777. The monoisotopic (exact) mass is 269 g/mol. The summed E-state index contributed by atoms with van der Waals surface area (Å²) in [5.74, 6) is -0.693. The molecule has 2 amide bonds. The van der Waals surface area contributed by atoms with Crippen molar-refractivity contribution in [3.05, 3.63) is 33.8 Å². The Balaban J connectivity index is 2.51. The number of aliphatic hydroxyl groups excluding tert-OH is 1. The first-order valence-corrected chi connectivity index (χ1v) is 5.21. The lowest BCUT2D eigenvalue weighted by molar-refractivity contribution is 0.0624. The molecular formula is C10H8BrNO3. The molecule has 0 bridgehead atoms. The van der Waals surface area contributed by atoms with Gasteiger partial charge in [-0.05, 0) is 28.1 Å². The van der Waals surface area contributed by atoms with Crippen molar-refractivity contribution in [2.45, 2.75) is 0 Å². The highest BCUT2D eigenvalue weighted by Crippen LogP contribution is 2.28. The smallest absolute Gasteiger partial charge is 0.262 e. The summed E-state index contributed by atoms with van der Waals surface area (Å²) < 4.78 is 0.610. The lowest BCUT2D eigenvalue weighted by Gasteiger charge is -2.10. The normalized spacial score (nSPS) is 14.7. The molecule has 0 radical (unpaired) electrons. The predicted octanol–water partition coefficient (Wildman–Crippen LogP) is 1.04. The molecule has 0 saturated heterocycles. The number of hydrogen-bond donors (Lipinski definition) is 1. The number of hydrogen-bond acceptors (Lipinski definition) is 3. The van der Waals surface area contributed by atoms with Crippen LogP contribution >= 0.6 is 15.9 Å². The second-order valence-electron chi connectivity index (χ2n) is 3.15. The van der Waals surface area contributed by atoms with E-state index in [1.165, 1.54) is 0 Å². The Kier molecular flexibility index (Phi) is 2.58. The van der Waals surface area contributed by atoms with Crippen LogP contribution in [-0.4, -0.2) is 35.0 Å². The number of carbonyl (C=O) groups excluding carboxylic acids is 2. The fourth-order valence-corrected chi connectivity index (χ4v) is 2.13. The molecule has 1 aliphatic rings. The first-order chi connectivity index (χ1) is 7.16. The third-order valence-corrected chi connectivity index (χ3v) is 2.93. The van der Waals surface area contributed by atoms with Gasteiger partial charge in [0.25, 0.3) is 11.8 Å². The van der Waals surface area contributed by atoms with Crippen LogP contribution in [0.15, 0.2) is 22.7 Å². The maximum atomic E-state index is 11.8. The number of carbonyl (C=O) groups is 2. The van der Waals surface area contributed by atoms with Gasteiger partial charge in [-0.25, -0.2) is 0 Å². The summed E-state index contributed by atoms with van der Waals surface area (Å²) in [6.07, 6.45) is 0. The highest BCUT2D eigenvalue weighted by atomic mass is 79.9. The minimum atomic E-state index is -0.350. The molecule has 0 aromatic heterocycles. The zero-order chi connectivity index (χ0) is 11.0. The van der Waals surface area contributed by atoms with Gasteiger partial charge in [0, 0.05) is 4.47 Å². The standard InChI is InChI=1S/C10H8BrNO3/c11-7-3-1-2-6-8(7)10(15)12(4-5-13)9(6)14/h1-3,13H,4-5H2. The summed E-state index contributed by atoms with van der Waals surface area (Å²) in [6, 6.07) is 5.03. The van der Waals surface area contributed by atoms with Gasteiger partial charge in [0.15, 0.2) is 0 Å². The second-order valence-corrected chi connectivity index (χ2v) is 4.00. The topological polar surface area (TPSA) is 57.6 Å². The maximum Gasteiger partial charge on any atom is 0.262 e. The Labute approximate surface area is 94.6 Å². The molecule has 1 N–H and O–H groups in total. The molecule has 0 saturated carbocycles. The molecule has 0 fully saturated rings. The molecule has 4 nitrogen and oxygen atoms in total. The zero-order valence-electron chi connectivity index (χ0n) is 7.74. The zero-order valence-corrected chi connectivity index (χ0v) is 9.32. The Morgan fingerprint density at radius 1 is 1.27 bits per heavy atom. The minimum absolute atomic E-state index is 0.0405. The molecule has 0 spiro atoms. The van der Waals surface area contributed by atoms with Crippen molar-refractivity contribution in [1.29, 1.82) is 0 Å². The van der Waals surface area contributed by atoms with Crippen molar-refractivity contribution in [1.82, 2.24) is 4.90 Å². The maximum absolute atomic E-state index is 11.8. The van der Waals surface area contributed by atoms with Crippen LogP contribution in [0, 0.1) is 0 Å². The third kappa shape index (κ3) is 1.48. The molecule has 0 aliphatic carbocycles. The van der Waals surface area contributed by atoms with Crippen molar-refractivity contribution in [3.8, 4) is 0 Å². The van der Waals surface area contributed by atoms with Gasteiger partial charge in [0.1, 0.15) is 0 Å². The van der Waals surface area contributed by atoms with Crippen LogP contribution in [0.2, 0.25) is 0 Å². The van der Waals surface area contributed by atoms with Crippen LogP contribution in [-0.2, 0) is 0 Å². The van der Waals surface area contributed by atoms with E-state index in [0.717, 1.165) is 4.90 Å². The van der Waals surface area contributed by atoms with Crippen molar-refractivity contribution >= 4 is 27.7 Å². The van der Waals surface area contributed by atoms with Crippen LogP contribution in [0.25, 0.3) is 0 Å². The molecule has 15 heavy (non-hydrogen) atoms. The average molecular weight is 270 g/mol. The van der Waals surface area contributed by atoms with E-state index in [9.17, 15) is 9.59 Å². The van der Waals surface area contributed by atoms with Gasteiger partial charge in [0.2, 0.25) is 0 Å². The number of rotatable bonds is 2. The predicted molar refractivity (Wildman–Crippen MR) is 56.6 cm³/mol. The van der Waals surface area contributed by atoms with E-state index in [0.29, 0.717) is 15.6 Å². The number of halogens is 1. The first kappa shape index (κ1) is 10.3. The van der Waals surface area contributed by atoms with Crippen molar-refractivity contribution < 1.29 is 14.7 Å². The fraction of sp³-hybridized carbons (Fsp3) is 0.200. The van der Waals surface area contributed by atoms with Gasteiger partial charge in [-0.15, -0.1) is 0 Å². The fourth-order valence-electron chi connectivity index (χ4n) is 1.60. The number of fused-ring (bicyclic) bond motifs is 1. The highest BCUT2D eigenvalue weighted by Gasteiger charge is 2.36. The first-order valence-electron chi connectivity index (χ1n) is 4.42. The Morgan fingerprint density at radius 2 is 2.00 bits per heavy atom. The number of aliphatic hydroxyl groups is 1. The molecular weight excluding hydrogens is 262 g/mol. The van der Waals surface area contributed by atoms with E-state index in [1.807, 2.05) is 0 Å². The average Bonchev–Trinajstić information content (AvgIpc) is 2.45. The van der Waals surface area contributed by atoms with Gasteiger partial charge < -0.3 is 5.11 Å². The number of benzene rings is 1. The lowest BCUT2D eigenvalue weighted by atomic mass is 10.1. The molecule has 2 rings (SSSR count). The molecule has 0 unspecified atom stereocenters. The van der Waals surface area contributed by atoms with Crippen LogP contribution in [0.5, 0.6) is 0 Å². The summed E-state index contributed by atoms with van der Waals surface area (Å²) >= 11 is 3.23. The van der Waals surface area contributed by atoms with Gasteiger partial charge in [-0.1, -0.05) is 6.07 Å². The van der Waals surface area contributed by atoms with E-state index < -0.39 is 0 Å². The molecule has 1 aromatic rings. The summed E-state index contributed by atoms with van der Waals surface area (Å²) in [7, 11) is 0. The van der Waals surface area contributed by atoms with Crippen LogP contribution < -0.4 is 0 Å². The largest absolute Gasteiger partial charge is 0.395 e. The molecule has 1 heterocycles. The van der Waals surface area contributed by atoms with E-state index in [2.05, 4.69) is 15.9 Å². The van der Waals surface area contributed by atoms with Crippen molar-refractivity contribution in [2.24, 2.45) is 0 Å². The number of imide groups is 1. The van der Waals surface area contributed by atoms with Gasteiger partial charge in [-0.2, -0.15) is 0 Å². The van der Waals surface area contributed by atoms with Crippen LogP contribution in [0.4, 0.5) is 0 Å². The van der Waals surface area contributed by atoms with Gasteiger partial charge in [-0.3, -0.25) is 14.5 Å². The number of amides is 2. The number of nitrogens with zero attached hydrogens (tertiary/aromatic N) is 1. The third-order valence-electron chi connectivity index (χ3n) is 2.27. The number of β-amino-alcohol motifs (C(OH)–C–C–N with tert-alkyl or cyclic N) is 1. The Hall–Kier alpha value is -1.20. The summed E-state index contributed by atoms with van der Waals surface area (Å²) in [5, 5.41) is 8.75. The molecule has 0 atom stereocenters. The van der Waals surface area contributed by atoms with E-state index in [1.54, 1.807) is 18.2 Å². The van der Waals surface area contributed by atoms with E-state index in [-0.39, 0.29) is 25.0 Å². The summed E-state index contributed by atoms with van der Waals surface area (Å²) in [6.45, 7) is -0.179. The van der Waals surface area contributed by atoms with Crippen molar-refractivity contribution in [2.75, 3.05) is 13.2 Å². The van der Waals surface area contributed by atoms with Crippen LogP contribution in [0.3, 0.4) is 0 Å². The van der Waals surface area contributed by atoms with E-state index in [4.69, 9.17) is 5.11 Å². The molecule has 1 aromatic carbocycles. The Morgan fingerprint density at radius 3 is 2.60 bits per heavy atom. The van der Waals surface area contributed by atoms with Gasteiger partial charge >= 0.3 is 0 Å².